The zero-order valence-corrected chi connectivity index (χ0v) is 11.8. The third-order valence-electron chi connectivity index (χ3n) is 4.84. The molecule has 0 aromatic heterocycles. The number of carbonyl (C=O) groups is 1. The molecule has 1 amide bonds. The van der Waals surface area contributed by atoms with Gasteiger partial charge in [-0.2, -0.15) is 0 Å². The minimum Gasteiger partial charge on any atom is -0.341 e. The van der Waals surface area contributed by atoms with Crippen LogP contribution >= 0.6 is 0 Å². The second-order valence-electron chi connectivity index (χ2n) is 6.29. The Kier molecular flexibility index (Phi) is 3.95. The van der Waals surface area contributed by atoms with Crippen LogP contribution in [0.15, 0.2) is 0 Å². The van der Waals surface area contributed by atoms with E-state index in [9.17, 15) is 13.6 Å². The highest BCUT2D eigenvalue weighted by molar-refractivity contribution is 5.82. The van der Waals surface area contributed by atoms with Gasteiger partial charge in [-0.1, -0.05) is 0 Å². The molecule has 0 saturated carbocycles. The number of nitrogens with zero attached hydrogens (tertiary/aromatic N) is 2. The maximum atomic E-state index is 13.1. The first-order chi connectivity index (χ1) is 9.55. The number of hydrogen-bond donors (Lipinski definition) is 1. The van der Waals surface area contributed by atoms with Crippen LogP contribution < -0.4 is 5.32 Å². The number of nitrogens with one attached hydrogen (secondary N) is 1. The Balaban J connectivity index is 1.49. The standard InChI is InChI=1S/C14H23F2N3O/c15-14(16)9-12(17-10-14)13(20)19-7-3-11(4-8-19)18-5-1-2-6-18/h11-12,17H,1-10H2. The van der Waals surface area contributed by atoms with Crippen molar-refractivity contribution < 1.29 is 13.6 Å². The lowest BCUT2D eigenvalue weighted by Crippen LogP contribution is -2.50. The Labute approximate surface area is 118 Å². The zero-order valence-electron chi connectivity index (χ0n) is 11.8. The van der Waals surface area contributed by atoms with E-state index < -0.39 is 12.0 Å². The molecule has 3 aliphatic heterocycles. The van der Waals surface area contributed by atoms with Gasteiger partial charge in [0, 0.05) is 25.6 Å². The van der Waals surface area contributed by atoms with Gasteiger partial charge in [0.2, 0.25) is 5.91 Å². The van der Waals surface area contributed by atoms with Gasteiger partial charge in [-0.05, 0) is 38.8 Å². The van der Waals surface area contributed by atoms with Crippen LogP contribution in [0.2, 0.25) is 0 Å². The molecule has 6 heteroatoms. The van der Waals surface area contributed by atoms with E-state index in [2.05, 4.69) is 10.2 Å². The van der Waals surface area contributed by atoms with Crippen LogP contribution in [0.5, 0.6) is 0 Å². The van der Waals surface area contributed by atoms with Gasteiger partial charge in [0.15, 0.2) is 0 Å². The summed E-state index contributed by atoms with van der Waals surface area (Å²) in [5.74, 6) is -2.86. The fourth-order valence-electron chi connectivity index (χ4n) is 3.67. The molecule has 1 unspecified atom stereocenters. The van der Waals surface area contributed by atoms with Crippen LogP contribution in [0.25, 0.3) is 0 Å². The molecule has 3 heterocycles. The van der Waals surface area contributed by atoms with Crippen LogP contribution in [-0.4, -0.2) is 66.4 Å². The molecule has 1 atom stereocenters. The third kappa shape index (κ3) is 2.96. The average molecular weight is 287 g/mol. The topological polar surface area (TPSA) is 35.6 Å². The number of rotatable bonds is 2. The molecule has 0 radical (unpaired) electrons. The van der Waals surface area contributed by atoms with Crippen molar-refractivity contribution in [1.82, 2.24) is 15.1 Å². The molecule has 0 spiro atoms. The molecule has 3 saturated heterocycles. The number of likely N-dealkylation sites (tertiary alicyclic amines) is 2. The molecular formula is C14H23F2N3O. The maximum absolute atomic E-state index is 13.1. The number of alkyl halides is 2. The summed E-state index contributed by atoms with van der Waals surface area (Å²) in [6.45, 7) is 3.41. The summed E-state index contributed by atoms with van der Waals surface area (Å²) in [6.07, 6.45) is 4.17. The predicted molar refractivity (Wildman–Crippen MR) is 71.8 cm³/mol. The monoisotopic (exact) mass is 287 g/mol. The average Bonchev–Trinajstić information content (AvgIpc) is 3.07. The van der Waals surface area contributed by atoms with Gasteiger partial charge in [0.05, 0.1) is 12.6 Å². The fourth-order valence-corrected chi connectivity index (χ4v) is 3.67. The van der Waals surface area contributed by atoms with E-state index in [1.807, 2.05) is 0 Å². The molecule has 3 rings (SSSR count). The van der Waals surface area contributed by atoms with Crippen molar-refractivity contribution in [3.8, 4) is 0 Å². The molecule has 4 nitrogen and oxygen atoms in total. The van der Waals surface area contributed by atoms with E-state index in [-0.39, 0.29) is 18.9 Å². The number of amides is 1. The van der Waals surface area contributed by atoms with Crippen molar-refractivity contribution in [2.75, 3.05) is 32.7 Å². The van der Waals surface area contributed by atoms with Gasteiger partial charge in [-0.3, -0.25) is 10.1 Å². The minimum absolute atomic E-state index is 0.137. The summed E-state index contributed by atoms with van der Waals surface area (Å²) >= 11 is 0. The van der Waals surface area contributed by atoms with Crippen LogP contribution in [0.4, 0.5) is 8.78 Å². The van der Waals surface area contributed by atoms with Crippen LogP contribution in [0.3, 0.4) is 0 Å². The van der Waals surface area contributed by atoms with Crippen molar-refractivity contribution >= 4 is 5.91 Å². The number of carbonyl (C=O) groups excluding carboxylic acids is 1. The Morgan fingerprint density at radius 1 is 1.10 bits per heavy atom. The normalized spacial score (nSPS) is 31.9. The quantitative estimate of drug-likeness (QED) is 0.825. The molecule has 114 valence electrons. The van der Waals surface area contributed by atoms with Gasteiger partial charge in [-0.15, -0.1) is 0 Å². The predicted octanol–water partition coefficient (Wildman–Crippen LogP) is 1.07. The second-order valence-corrected chi connectivity index (χ2v) is 6.29. The van der Waals surface area contributed by atoms with Gasteiger partial charge in [0.1, 0.15) is 0 Å². The van der Waals surface area contributed by atoms with Crippen molar-refractivity contribution in [2.24, 2.45) is 0 Å². The molecule has 3 fully saturated rings. The first-order valence-corrected chi connectivity index (χ1v) is 7.69. The SMILES string of the molecule is O=C(C1CC(F)(F)CN1)N1CCC(N2CCCC2)CC1. The molecule has 0 aliphatic carbocycles. The Hall–Kier alpha value is -0.750. The first kappa shape index (κ1) is 14.2. The number of hydrogen-bond acceptors (Lipinski definition) is 3. The number of halogens is 2. The number of piperidine rings is 1. The van der Waals surface area contributed by atoms with Crippen molar-refractivity contribution in [1.29, 1.82) is 0 Å². The highest BCUT2D eigenvalue weighted by Crippen LogP contribution is 2.27. The van der Waals surface area contributed by atoms with Gasteiger partial charge in [0.25, 0.3) is 5.92 Å². The molecule has 0 aromatic rings. The van der Waals surface area contributed by atoms with Crippen molar-refractivity contribution in [2.45, 2.75) is 50.1 Å². The lowest BCUT2D eigenvalue weighted by Gasteiger charge is -2.37. The van der Waals surface area contributed by atoms with E-state index in [1.54, 1.807) is 4.90 Å². The summed E-state index contributed by atoms with van der Waals surface area (Å²) in [7, 11) is 0. The molecular weight excluding hydrogens is 264 g/mol. The van der Waals surface area contributed by atoms with Crippen molar-refractivity contribution in [3.63, 3.8) is 0 Å². The first-order valence-electron chi connectivity index (χ1n) is 7.69. The van der Waals surface area contributed by atoms with E-state index in [0.29, 0.717) is 19.1 Å². The van der Waals surface area contributed by atoms with Gasteiger partial charge in [-0.25, -0.2) is 8.78 Å². The van der Waals surface area contributed by atoms with Gasteiger partial charge >= 0.3 is 0 Å². The van der Waals surface area contributed by atoms with E-state index in [1.165, 1.54) is 25.9 Å². The second kappa shape index (κ2) is 5.56. The molecule has 0 aromatic carbocycles. The maximum Gasteiger partial charge on any atom is 0.262 e. The Morgan fingerprint density at radius 3 is 2.30 bits per heavy atom. The highest BCUT2D eigenvalue weighted by atomic mass is 19.3. The molecule has 1 N–H and O–H groups in total. The Morgan fingerprint density at radius 2 is 1.75 bits per heavy atom. The van der Waals surface area contributed by atoms with Gasteiger partial charge < -0.3 is 9.80 Å². The lowest BCUT2D eigenvalue weighted by molar-refractivity contribution is -0.135. The molecule has 20 heavy (non-hydrogen) atoms. The summed E-state index contributed by atoms with van der Waals surface area (Å²) in [5, 5.41) is 2.66. The minimum atomic E-state index is -2.73. The zero-order chi connectivity index (χ0) is 14.2. The van der Waals surface area contributed by atoms with Crippen LogP contribution in [-0.2, 0) is 4.79 Å². The Bertz CT molecular complexity index is 363. The van der Waals surface area contributed by atoms with Crippen LogP contribution in [0.1, 0.15) is 32.1 Å². The summed E-state index contributed by atoms with van der Waals surface area (Å²) in [6, 6.07) is -0.104. The molecule has 3 aliphatic rings. The summed E-state index contributed by atoms with van der Waals surface area (Å²) < 4.78 is 26.3. The third-order valence-corrected chi connectivity index (χ3v) is 4.84. The van der Waals surface area contributed by atoms with E-state index in [0.717, 1.165) is 12.8 Å². The van der Waals surface area contributed by atoms with E-state index >= 15 is 0 Å². The van der Waals surface area contributed by atoms with Crippen molar-refractivity contribution in [3.05, 3.63) is 0 Å². The highest BCUT2D eigenvalue weighted by Gasteiger charge is 2.44. The largest absolute Gasteiger partial charge is 0.341 e. The summed E-state index contributed by atoms with van der Waals surface area (Å²) in [4.78, 5) is 16.5. The fraction of sp³-hybridized carbons (Fsp3) is 0.929. The smallest absolute Gasteiger partial charge is 0.262 e. The molecule has 0 bridgehead atoms. The lowest BCUT2D eigenvalue weighted by atomic mass is 10.0. The van der Waals surface area contributed by atoms with Crippen LogP contribution in [0, 0.1) is 0 Å². The summed E-state index contributed by atoms with van der Waals surface area (Å²) in [5.41, 5.74) is 0. The van der Waals surface area contributed by atoms with E-state index in [4.69, 9.17) is 0 Å².